The molecule has 7 heteroatoms. The summed E-state index contributed by atoms with van der Waals surface area (Å²) in [6, 6.07) is 11.6. The Kier molecular flexibility index (Phi) is 5.99. The number of pyridine rings is 2. The van der Waals surface area contributed by atoms with Crippen molar-refractivity contribution in [3.8, 4) is 6.07 Å². The van der Waals surface area contributed by atoms with Gasteiger partial charge in [0.25, 0.3) is 0 Å². The number of carbonyl (C=O) groups is 1. The molecular formula is C32H29N3O4. The molecule has 4 aromatic rings. The number of rotatable bonds is 3. The minimum atomic E-state index is -1.18. The van der Waals surface area contributed by atoms with Gasteiger partial charge in [0.1, 0.15) is 11.6 Å². The van der Waals surface area contributed by atoms with Gasteiger partial charge in [0.15, 0.2) is 10.9 Å². The van der Waals surface area contributed by atoms with Crippen LogP contribution in [0.15, 0.2) is 51.6 Å². The third-order valence-corrected chi connectivity index (χ3v) is 8.68. The SMILES string of the molecule is Cn1c2c(c(=O)c3cc4c(cc31)c(=O)c1cc(C3CCC(/C=C(\C#N)C(=O)O)CC3)ccc1n4C)=CCCC=2. The van der Waals surface area contributed by atoms with Crippen LogP contribution in [-0.4, -0.2) is 20.2 Å². The molecule has 0 saturated heterocycles. The number of hydrogen-bond acceptors (Lipinski definition) is 4. The Morgan fingerprint density at radius 3 is 2.23 bits per heavy atom. The Balaban J connectivity index is 1.45. The lowest BCUT2D eigenvalue weighted by molar-refractivity contribution is -0.132. The molecular weight excluding hydrogens is 490 g/mol. The monoisotopic (exact) mass is 519 g/mol. The van der Waals surface area contributed by atoms with Crippen LogP contribution in [0, 0.1) is 17.2 Å². The summed E-state index contributed by atoms with van der Waals surface area (Å²) in [4.78, 5) is 38.4. The van der Waals surface area contributed by atoms with E-state index in [0.29, 0.717) is 16.2 Å². The van der Waals surface area contributed by atoms with Crippen molar-refractivity contribution >= 4 is 50.8 Å². The Morgan fingerprint density at radius 2 is 1.54 bits per heavy atom. The summed E-state index contributed by atoms with van der Waals surface area (Å²) in [6.07, 6.45) is 10.8. The highest BCUT2D eigenvalue weighted by molar-refractivity contribution is 6.00. The first kappa shape index (κ1) is 24.9. The van der Waals surface area contributed by atoms with Gasteiger partial charge >= 0.3 is 5.97 Å². The molecule has 7 nitrogen and oxygen atoms in total. The molecule has 6 rings (SSSR count). The van der Waals surface area contributed by atoms with Gasteiger partial charge in [0.2, 0.25) is 0 Å². The smallest absolute Gasteiger partial charge is 0.346 e. The number of carboxylic acid groups (broad SMARTS) is 1. The van der Waals surface area contributed by atoms with Gasteiger partial charge in [0.05, 0.1) is 16.6 Å². The first-order valence-corrected chi connectivity index (χ1v) is 13.4. The third-order valence-electron chi connectivity index (χ3n) is 8.68. The second-order valence-electron chi connectivity index (χ2n) is 10.8. The van der Waals surface area contributed by atoms with Crippen LogP contribution in [0.2, 0.25) is 0 Å². The summed E-state index contributed by atoms with van der Waals surface area (Å²) in [5.41, 5.74) is 3.20. The number of allylic oxidation sites excluding steroid dienone is 1. The van der Waals surface area contributed by atoms with Gasteiger partial charge in [-0.25, -0.2) is 4.79 Å². The number of aromatic nitrogens is 2. The summed E-state index contributed by atoms with van der Waals surface area (Å²) >= 11 is 0. The molecule has 2 aromatic heterocycles. The molecule has 2 aromatic carbocycles. The molecule has 1 N–H and O–H groups in total. The van der Waals surface area contributed by atoms with Crippen LogP contribution in [0.4, 0.5) is 0 Å². The van der Waals surface area contributed by atoms with E-state index >= 15 is 0 Å². The van der Waals surface area contributed by atoms with E-state index < -0.39 is 5.97 Å². The highest BCUT2D eigenvalue weighted by Crippen LogP contribution is 2.37. The number of hydrogen-bond donors (Lipinski definition) is 1. The van der Waals surface area contributed by atoms with Crippen molar-refractivity contribution in [1.82, 2.24) is 9.13 Å². The van der Waals surface area contributed by atoms with Crippen LogP contribution < -0.4 is 21.4 Å². The van der Waals surface area contributed by atoms with E-state index in [0.717, 1.165) is 71.2 Å². The van der Waals surface area contributed by atoms with Gasteiger partial charge in [-0.15, -0.1) is 0 Å². The van der Waals surface area contributed by atoms with Crippen LogP contribution in [0.3, 0.4) is 0 Å². The average Bonchev–Trinajstić information content (AvgIpc) is 2.96. The van der Waals surface area contributed by atoms with E-state index in [-0.39, 0.29) is 28.3 Å². The second kappa shape index (κ2) is 9.39. The molecule has 196 valence electrons. The van der Waals surface area contributed by atoms with Crippen molar-refractivity contribution in [3.63, 3.8) is 0 Å². The number of nitriles is 1. The normalized spacial score (nSPS) is 19.4. The van der Waals surface area contributed by atoms with Crippen molar-refractivity contribution in [2.75, 3.05) is 0 Å². The molecule has 0 radical (unpaired) electrons. The lowest BCUT2D eigenvalue weighted by Gasteiger charge is -2.27. The maximum Gasteiger partial charge on any atom is 0.346 e. The summed E-state index contributed by atoms with van der Waals surface area (Å²) in [7, 11) is 3.89. The summed E-state index contributed by atoms with van der Waals surface area (Å²) in [5.74, 6) is -0.836. The van der Waals surface area contributed by atoms with Gasteiger partial charge in [0, 0.05) is 40.8 Å². The van der Waals surface area contributed by atoms with E-state index in [4.69, 9.17) is 10.4 Å². The van der Waals surface area contributed by atoms with Crippen LogP contribution in [0.25, 0.3) is 44.9 Å². The lowest BCUT2D eigenvalue weighted by atomic mass is 9.78. The Bertz CT molecular complexity index is 2030. The highest BCUT2D eigenvalue weighted by atomic mass is 16.4. The van der Waals surface area contributed by atoms with Gasteiger partial charge in [-0.2, -0.15) is 5.26 Å². The number of nitrogens with zero attached hydrogens (tertiary/aromatic N) is 3. The molecule has 0 bridgehead atoms. The zero-order valence-electron chi connectivity index (χ0n) is 22.0. The number of aryl methyl sites for hydroxylation is 2. The van der Waals surface area contributed by atoms with E-state index in [9.17, 15) is 14.4 Å². The molecule has 0 spiro atoms. The van der Waals surface area contributed by atoms with Gasteiger partial charge in [-0.1, -0.05) is 24.3 Å². The third kappa shape index (κ3) is 3.99. The summed E-state index contributed by atoms with van der Waals surface area (Å²) < 4.78 is 4.03. The lowest BCUT2D eigenvalue weighted by Crippen LogP contribution is -2.45. The number of benzene rings is 2. The Labute approximate surface area is 224 Å². The van der Waals surface area contributed by atoms with Gasteiger partial charge < -0.3 is 14.2 Å². The fourth-order valence-electron chi connectivity index (χ4n) is 6.53. The molecule has 0 amide bonds. The van der Waals surface area contributed by atoms with E-state index in [1.54, 1.807) is 12.1 Å². The first-order chi connectivity index (χ1) is 18.8. The van der Waals surface area contributed by atoms with Crippen molar-refractivity contribution in [2.45, 2.75) is 44.4 Å². The molecule has 39 heavy (non-hydrogen) atoms. The van der Waals surface area contributed by atoms with Gasteiger partial charge in [-0.05, 0) is 80.2 Å². The molecule has 2 heterocycles. The van der Waals surface area contributed by atoms with Crippen molar-refractivity contribution < 1.29 is 9.90 Å². The second-order valence-corrected chi connectivity index (χ2v) is 10.8. The molecule has 2 aliphatic carbocycles. The number of aliphatic carboxylic acids is 1. The Morgan fingerprint density at radius 1 is 0.897 bits per heavy atom. The predicted octanol–water partition coefficient (Wildman–Crippen LogP) is 3.71. The molecule has 1 saturated carbocycles. The van der Waals surface area contributed by atoms with E-state index in [1.165, 1.54) is 0 Å². The number of carboxylic acids is 1. The molecule has 0 aliphatic heterocycles. The van der Waals surface area contributed by atoms with E-state index in [2.05, 4.69) is 12.1 Å². The summed E-state index contributed by atoms with van der Waals surface area (Å²) in [5, 5.41) is 21.7. The zero-order valence-corrected chi connectivity index (χ0v) is 22.0. The van der Waals surface area contributed by atoms with Gasteiger partial charge in [-0.3, -0.25) is 9.59 Å². The first-order valence-electron chi connectivity index (χ1n) is 13.4. The molecule has 1 fully saturated rings. The summed E-state index contributed by atoms with van der Waals surface area (Å²) in [6.45, 7) is 0. The largest absolute Gasteiger partial charge is 0.477 e. The van der Waals surface area contributed by atoms with Crippen LogP contribution >= 0.6 is 0 Å². The minimum absolute atomic E-state index is 0.00883. The Hall–Kier alpha value is -4.44. The van der Waals surface area contributed by atoms with Crippen molar-refractivity contribution in [3.05, 3.63) is 78.6 Å². The van der Waals surface area contributed by atoms with Crippen LogP contribution in [-0.2, 0) is 18.9 Å². The molecule has 0 unspecified atom stereocenters. The standard InChI is InChI=1S/C32H29N3O4/c1-34-26-6-4-3-5-22(26)30(36)24-15-29-25(16-28(24)34)31(37)23-14-20(11-12-27(23)35(29)2)19-9-7-18(8-10-19)13-21(17-33)32(38)39/h5-6,11-16,18-19H,3-4,7-10H2,1-2H3,(H,38,39)/b21-13+. The van der Waals surface area contributed by atoms with Crippen LogP contribution in [0.1, 0.15) is 50.0 Å². The van der Waals surface area contributed by atoms with Crippen molar-refractivity contribution in [1.29, 1.82) is 5.26 Å². The van der Waals surface area contributed by atoms with Crippen LogP contribution in [0.5, 0.6) is 0 Å². The zero-order chi connectivity index (χ0) is 27.4. The maximum atomic E-state index is 13.9. The average molecular weight is 520 g/mol. The highest BCUT2D eigenvalue weighted by Gasteiger charge is 2.24. The minimum Gasteiger partial charge on any atom is -0.477 e. The fourth-order valence-corrected chi connectivity index (χ4v) is 6.53. The maximum absolute atomic E-state index is 13.9. The topological polar surface area (TPSA) is 105 Å². The fraction of sp³-hybridized carbons (Fsp3) is 0.312. The predicted molar refractivity (Wildman–Crippen MR) is 153 cm³/mol. The number of fused-ring (bicyclic) bond motifs is 4. The van der Waals surface area contributed by atoms with Crippen molar-refractivity contribution in [2.24, 2.45) is 20.0 Å². The molecule has 0 atom stereocenters. The van der Waals surface area contributed by atoms with E-state index in [1.807, 2.05) is 53.6 Å². The molecule has 2 aliphatic rings. The quantitative estimate of drug-likeness (QED) is 0.252.